The summed E-state index contributed by atoms with van der Waals surface area (Å²) in [5.41, 5.74) is 5.61. The van der Waals surface area contributed by atoms with Crippen molar-refractivity contribution in [3.05, 3.63) is 141 Å². The van der Waals surface area contributed by atoms with Gasteiger partial charge in [-0.05, 0) is 80.6 Å². The first-order valence-electron chi connectivity index (χ1n) is 14.7. The predicted octanol–water partition coefficient (Wildman–Crippen LogP) is 8.34. The zero-order chi connectivity index (χ0) is 31.8. The van der Waals surface area contributed by atoms with Gasteiger partial charge < -0.3 is 18.5 Å². The Bertz CT molecular complexity index is 2320. The molecule has 0 atom stereocenters. The number of fused-ring (bicyclic) bond motifs is 2. The summed E-state index contributed by atoms with van der Waals surface area (Å²) in [7, 11) is 1.61. The van der Waals surface area contributed by atoms with Crippen LogP contribution in [0.25, 0.3) is 39.1 Å². The van der Waals surface area contributed by atoms with Crippen LogP contribution in [-0.4, -0.2) is 27.6 Å². The lowest BCUT2D eigenvalue weighted by atomic mass is 10.2. The van der Waals surface area contributed by atoms with Gasteiger partial charge in [0.15, 0.2) is 5.76 Å². The third-order valence-corrected chi connectivity index (χ3v) is 8.31. The smallest absolute Gasteiger partial charge is 0.282 e. The van der Waals surface area contributed by atoms with Crippen LogP contribution in [0.15, 0.2) is 117 Å². The van der Waals surface area contributed by atoms with Crippen molar-refractivity contribution >= 4 is 39.7 Å². The van der Waals surface area contributed by atoms with Gasteiger partial charge in [-0.1, -0.05) is 48.0 Å². The van der Waals surface area contributed by atoms with Gasteiger partial charge in [0.1, 0.15) is 23.7 Å². The lowest BCUT2D eigenvalue weighted by molar-refractivity contribution is 0.306. The first-order chi connectivity index (χ1) is 22.4. The van der Waals surface area contributed by atoms with Crippen molar-refractivity contribution < 1.29 is 13.9 Å². The van der Waals surface area contributed by atoms with Crippen molar-refractivity contribution in [1.29, 1.82) is 0 Å². The van der Waals surface area contributed by atoms with E-state index in [0.717, 1.165) is 39.3 Å². The van der Waals surface area contributed by atoms with Gasteiger partial charge in [-0.2, -0.15) is 9.78 Å². The summed E-state index contributed by atoms with van der Waals surface area (Å²) in [5, 5.41) is 6.60. The van der Waals surface area contributed by atoms with Crippen molar-refractivity contribution in [2.24, 2.45) is 5.10 Å². The van der Waals surface area contributed by atoms with E-state index in [1.165, 1.54) is 4.68 Å². The van der Waals surface area contributed by atoms with E-state index >= 15 is 0 Å². The maximum absolute atomic E-state index is 13.8. The minimum absolute atomic E-state index is 0.291. The SMILES string of the molecule is COc1cccc2oc(-c3nc4ccccc4c(=O)n3N=Cc3cc(C)n(-c4ccc(OCc5ccccc5Cl)cc4)c3C)cc12. The van der Waals surface area contributed by atoms with E-state index in [0.29, 0.717) is 45.4 Å². The molecule has 0 aliphatic rings. The molecular formula is C37H29ClN4O4. The van der Waals surface area contributed by atoms with Gasteiger partial charge in [0, 0.05) is 33.2 Å². The summed E-state index contributed by atoms with van der Waals surface area (Å²) in [5.74, 6) is 2.10. The van der Waals surface area contributed by atoms with E-state index in [2.05, 4.69) is 9.67 Å². The van der Waals surface area contributed by atoms with Crippen LogP contribution < -0.4 is 15.0 Å². The average Bonchev–Trinajstić information content (AvgIpc) is 3.64. The maximum atomic E-state index is 13.8. The van der Waals surface area contributed by atoms with Crippen molar-refractivity contribution in [3.63, 3.8) is 0 Å². The summed E-state index contributed by atoms with van der Waals surface area (Å²) in [6.07, 6.45) is 1.69. The molecule has 0 bridgehead atoms. The third kappa shape index (κ3) is 5.33. The van der Waals surface area contributed by atoms with Crippen LogP contribution in [0.3, 0.4) is 0 Å². The van der Waals surface area contributed by atoms with Crippen LogP contribution in [0, 0.1) is 13.8 Å². The Morgan fingerprint density at radius 1 is 0.913 bits per heavy atom. The molecule has 3 heterocycles. The molecule has 0 saturated heterocycles. The molecule has 0 fully saturated rings. The van der Waals surface area contributed by atoms with Gasteiger partial charge in [-0.25, -0.2) is 4.98 Å². The number of para-hydroxylation sites is 1. The second kappa shape index (κ2) is 12.1. The second-order valence-corrected chi connectivity index (χ2v) is 11.2. The minimum atomic E-state index is -0.301. The third-order valence-electron chi connectivity index (χ3n) is 7.95. The molecule has 46 heavy (non-hydrogen) atoms. The molecule has 4 aromatic carbocycles. The van der Waals surface area contributed by atoms with E-state index in [1.54, 1.807) is 25.5 Å². The van der Waals surface area contributed by atoms with E-state index in [4.69, 9.17) is 30.5 Å². The number of methoxy groups -OCH3 is 1. The first-order valence-corrected chi connectivity index (χ1v) is 15.1. The topological polar surface area (TPSA) is 83.8 Å². The van der Waals surface area contributed by atoms with E-state index in [-0.39, 0.29) is 5.56 Å². The quantitative estimate of drug-likeness (QED) is 0.158. The number of halogens is 1. The Labute approximate surface area is 269 Å². The number of aromatic nitrogens is 3. The lowest BCUT2D eigenvalue weighted by Crippen LogP contribution is -2.20. The highest BCUT2D eigenvalue weighted by atomic mass is 35.5. The number of hydrogen-bond acceptors (Lipinski definition) is 6. The maximum Gasteiger partial charge on any atom is 0.282 e. The van der Waals surface area contributed by atoms with Crippen molar-refractivity contribution in [2.45, 2.75) is 20.5 Å². The van der Waals surface area contributed by atoms with E-state index < -0.39 is 0 Å². The van der Waals surface area contributed by atoms with Crippen molar-refractivity contribution in [1.82, 2.24) is 14.2 Å². The molecule has 0 N–H and O–H groups in total. The molecule has 0 radical (unpaired) electrons. The Kier molecular flexibility index (Phi) is 7.64. The van der Waals surface area contributed by atoms with Crippen LogP contribution in [0.5, 0.6) is 11.5 Å². The van der Waals surface area contributed by atoms with Crippen LogP contribution in [-0.2, 0) is 6.61 Å². The van der Waals surface area contributed by atoms with Crippen LogP contribution in [0.1, 0.15) is 22.5 Å². The number of furan rings is 1. The van der Waals surface area contributed by atoms with E-state index in [9.17, 15) is 4.79 Å². The average molecular weight is 629 g/mol. The highest BCUT2D eigenvalue weighted by Crippen LogP contribution is 2.33. The minimum Gasteiger partial charge on any atom is -0.496 e. The molecule has 3 aromatic heterocycles. The van der Waals surface area contributed by atoms with Gasteiger partial charge in [0.05, 0.1) is 29.6 Å². The molecule has 0 saturated carbocycles. The molecule has 7 aromatic rings. The number of hydrogen-bond donors (Lipinski definition) is 0. The fraction of sp³-hybridized carbons (Fsp3) is 0.108. The second-order valence-electron chi connectivity index (χ2n) is 10.8. The number of nitrogens with zero attached hydrogens (tertiary/aromatic N) is 4. The standard InChI is InChI=1S/C37H29ClN4O4/c1-23-19-26(24(2)41(23)27-15-17-28(18-16-27)45-22-25-9-4-6-11-31(25)38)21-39-42-36(40-32-12-7-5-10-29(32)37(42)43)35-20-30-33(44-3)13-8-14-34(30)46-35/h4-21H,22H2,1-3H3. The van der Waals surface area contributed by atoms with Gasteiger partial charge >= 0.3 is 0 Å². The van der Waals surface area contributed by atoms with Gasteiger partial charge in [-0.3, -0.25) is 4.79 Å². The van der Waals surface area contributed by atoms with Gasteiger partial charge in [-0.15, -0.1) is 0 Å². The van der Waals surface area contributed by atoms with Crippen LogP contribution in [0.2, 0.25) is 5.02 Å². The largest absolute Gasteiger partial charge is 0.496 e. The molecule has 228 valence electrons. The van der Waals surface area contributed by atoms with Crippen molar-refractivity contribution in [2.75, 3.05) is 7.11 Å². The number of aryl methyl sites for hydroxylation is 1. The fourth-order valence-electron chi connectivity index (χ4n) is 5.62. The summed E-state index contributed by atoms with van der Waals surface area (Å²) >= 11 is 6.27. The zero-order valence-electron chi connectivity index (χ0n) is 25.4. The summed E-state index contributed by atoms with van der Waals surface area (Å²) in [6.45, 7) is 4.43. The highest BCUT2D eigenvalue weighted by Gasteiger charge is 2.18. The Hall–Kier alpha value is -5.60. The lowest BCUT2D eigenvalue weighted by Gasteiger charge is -2.12. The summed E-state index contributed by atoms with van der Waals surface area (Å²) in [6, 6.07) is 32.2. The molecule has 0 unspecified atom stereocenters. The highest BCUT2D eigenvalue weighted by molar-refractivity contribution is 6.31. The predicted molar refractivity (Wildman–Crippen MR) is 182 cm³/mol. The van der Waals surface area contributed by atoms with Crippen LogP contribution in [0.4, 0.5) is 0 Å². The molecule has 0 aliphatic carbocycles. The van der Waals surface area contributed by atoms with E-state index in [1.807, 2.05) is 105 Å². The molecule has 7 rings (SSSR count). The number of ether oxygens (including phenoxy) is 2. The van der Waals surface area contributed by atoms with Crippen LogP contribution >= 0.6 is 11.6 Å². The first kappa shape index (κ1) is 29.1. The normalized spacial score (nSPS) is 11.6. The molecule has 9 heteroatoms. The van der Waals surface area contributed by atoms with Gasteiger partial charge in [0.2, 0.25) is 5.82 Å². The Morgan fingerprint density at radius 3 is 2.50 bits per heavy atom. The zero-order valence-corrected chi connectivity index (χ0v) is 26.2. The number of benzene rings is 4. The molecule has 0 aliphatic heterocycles. The molecule has 8 nitrogen and oxygen atoms in total. The summed E-state index contributed by atoms with van der Waals surface area (Å²) < 4.78 is 21.1. The fourth-order valence-corrected chi connectivity index (χ4v) is 5.81. The van der Waals surface area contributed by atoms with Crippen molar-refractivity contribution in [3.8, 4) is 28.8 Å². The van der Waals surface area contributed by atoms with Gasteiger partial charge in [0.25, 0.3) is 5.56 Å². The molecule has 0 amide bonds. The number of rotatable bonds is 8. The molecular weight excluding hydrogens is 600 g/mol. The monoisotopic (exact) mass is 628 g/mol. The molecule has 0 spiro atoms. The Balaban J connectivity index is 1.23. The summed E-state index contributed by atoms with van der Waals surface area (Å²) in [4.78, 5) is 18.6. The Morgan fingerprint density at radius 2 is 1.70 bits per heavy atom.